The molecule has 1 amide bonds. The molecular weight excluding hydrogens is 218 g/mol. The van der Waals surface area contributed by atoms with Crippen LogP contribution in [0.4, 0.5) is 4.79 Å². The maximum absolute atomic E-state index is 11.0. The van der Waals surface area contributed by atoms with Gasteiger partial charge in [-0.05, 0) is 38.0 Å². The minimum absolute atomic E-state index is 0.379. The van der Waals surface area contributed by atoms with Crippen LogP contribution in [0.15, 0.2) is 18.2 Å². The van der Waals surface area contributed by atoms with Crippen LogP contribution in [0, 0.1) is 13.8 Å². The fourth-order valence-corrected chi connectivity index (χ4v) is 1.38. The van der Waals surface area contributed by atoms with Gasteiger partial charge >= 0.3 is 6.09 Å². The summed E-state index contributed by atoms with van der Waals surface area (Å²) < 4.78 is 10.3. The van der Waals surface area contributed by atoms with E-state index in [4.69, 9.17) is 9.47 Å². The van der Waals surface area contributed by atoms with Crippen LogP contribution in [0.3, 0.4) is 0 Å². The lowest BCUT2D eigenvalue weighted by molar-refractivity contribution is 0.150. The highest BCUT2D eigenvalue weighted by atomic mass is 16.5. The predicted octanol–water partition coefficient (Wildman–Crippen LogP) is 2.43. The Morgan fingerprint density at radius 1 is 1.35 bits per heavy atom. The van der Waals surface area contributed by atoms with Gasteiger partial charge in [0, 0.05) is 0 Å². The van der Waals surface area contributed by atoms with Crippen LogP contribution in [0.2, 0.25) is 0 Å². The van der Waals surface area contributed by atoms with Gasteiger partial charge in [0.15, 0.2) is 0 Å². The van der Waals surface area contributed by atoms with Crippen LogP contribution in [0.5, 0.6) is 5.75 Å². The van der Waals surface area contributed by atoms with Crippen molar-refractivity contribution in [3.8, 4) is 5.75 Å². The van der Waals surface area contributed by atoms with Crippen molar-refractivity contribution >= 4 is 6.09 Å². The van der Waals surface area contributed by atoms with Gasteiger partial charge in [-0.25, -0.2) is 4.79 Å². The molecule has 0 unspecified atom stereocenters. The van der Waals surface area contributed by atoms with Crippen molar-refractivity contribution in [2.75, 3.05) is 19.8 Å². The van der Waals surface area contributed by atoms with E-state index >= 15 is 0 Å². The number of alkyl carbamates (subject to hydrolysis) is 1. The van der Waals surface area contributed by atoms with E-state index in [1.807, 2.05) is 32.0 Å². The molecule has 17 heavy (non-hydrogen) atoms. The number of rotatable bonds is 5. The number of benzene rings is 1. The molecule has 0 aliphatic carbocycles. The normalized spacial score (nSPS) is 9.82. The SMILES string of the molecule is CCOC(=O)NCCOc1cccc(C)c1C. The molecule has 0 spiro atoms. The number of carbonyl (C=O) groups excluding carboxylic acids is 1. The third kappa shape index (κ3) is 4.34. The molecule has 1 aromatic rings. The summed E-state index contributed by atoms with van der Waals surface area (Å²) in [5.74, 6) is 0.857. The lowest BCUT2D eigenvalue weighted by Crippen LogP contribution is -2.28. The van der Waals surface area contributed by atoms with Crippen molar-refractivity contribution in [2.45, 2.75) is 20.8 Å². The van der Waals surface area contributed by atoms with Crippen LogP contribution < -0.4 is 10.1 Å². The largest absolute Gasteiger partial charge is 0.491 e. The molecule has 0 heterocycles. The summed E-state index contributed by atoms with van der Waals surface area (Å²) in [7, 11) is 0. The summed E-state index contributed by atoms with van der Waals surface area (Å²) in [6, 6.07) is 5.92. The smallest absolute Gasteiger partial charge is 0.407 e. The maximum Gasteiger partial charge on any atom is 0.407 e. The predicted molar refractivity (Wildman–Crippen MR) is 66.4 cm³/mol. The first-order chi connectivity index (χ1) is 8.15. The first kappa shape index (κ1) is 13.4. The zero-order valence-corrected chi connectivity index (χ0v) is 10.6. The minimum atomic E-state index is -0.405. The molecule has 1 aromatic carbocycles. The van der Waals surface area contributed by atoms with Crippen LogP contribution in [0.1, 0.15) is 18.1 Å². The number of amides is 1. The van der Waals surface area contributed by atoms with E-state index in [0.717, 1.165) is 11.3 Å². The van der Waals surface area contributed by atoms with Crippen molar-refractivity contribution < 1.29 is 14.3 Å². The second kappa shape index (κ2) is 6.78. The van der Waals surface area contributed by atoms with E-state index in [0.29, 0.717) is 19.8 Å². The summed E-state index contributed by atoms with van der Waals surface area (Å²) in [6.45, 7) is 7.08. The van der Waals surface area contributed by atoms with E-state index < -0.39 is 6.09 Å². The molecule has 0 saturated heterocycles. The Hall–Kier alpha value is -1.71. The zero-order chi connectivity index (χ0) is 12.7. The van der Waals surface area contributed by atoms with E-state index in [9.17, 15) is 4.79 Å². The van der Waals surface area contributed by atoms with Gasteiger partial charge in [-0.2, -0.15) is 0 Å². The maximum atomic E-state index is 11.0. The molecule has 0 aromatic heterocycles. The first-order valence-electron chi connectivity index (χ1n) is 5.74. The molecule has 94 valence electrons. The molecule has 0 saturated carbocycles. The molecule has 0 aliphatic heterocycles. The summed E-state index contributed by atoms with van der Waals surface area (Å²) in [5.41, 5.74) is 2.32. The molecule has 4 heteroatoms. The highest BCUT2D eigenvalue weighted by molar-refractivity contribution is 5.66. The number of ether oxygens (including phenoxy) is 2. The van der Waals surface area contributed by atoms with Gasteiger partial charge in [0.25, 0.3) is 0 Å². The summed E-state index contributed by atoms with van der Waals surface area (Å²) in [4.78, 5) is 11.0. The van der Waals surface area contributed by atoms with Crippen LogP contribution in [-0.4, -0.2) is 25.9 Å². The standard InChI is InChI=1S/C13H19NO3/c1-4-16-13(15)14-8-9-17-12-7-5-6-10(2)11(12)3/h5-7H,4,8-9H2,1-3H3,(H,14,15). The Kier molecular flexibility index (Phi) is 5.33. The lowest BCUT2D eigenvalue weighted by Gasteiger charge is -2.11. The Bertz CT molecular complexity index is 377. The van der Waals surface area contributed by atoms with Crippen LogP contribution in [0.25, 0.3) is 0 Å². The highest BCUT2D eigenvalue weighted by Gasteiger charge is 2.02. The number of hydrogen-bond donors (Lipinski definition) is 1. The van der Waals surface area contributed by atoms with Crippen molar-refractivity contribution in [1.29, 1.82) is 0 Å². The van der Waals surface area contributed by atoms with E-state index in [1.54, 1.807) is 6.92 Å². The van der Waals surface area contributed by atoms with Gasteiger partial charge in [-0.3, -0.25) is 0 Å². The molecule has 0 fully saturated rings. The third-order valence-electron chi connectivity index (χ3n) is 2.46. The van der Waals surface area contributed by atoms with Gasteiger partial charge in [-0.15, -0.1) is 0 Å². The van der Waals surface area contributed by atoms with Gasteiger partial charge < -0.3 is 14.8 Å². The fraction of sp³-hybridized carbons (Fsp3) is 0.462. The van der Waals surface area contributed by atoms with E-state index in [-0.39, 0.29) is 0 Å². The monoisotopic (exact) mass is 237 g/mol. The minimum Gasteiger partial charge on any atom is -0.491 e. The molecule has 1 N–H and O–H groups in total. The third-order valence-corrected chi connectivity index (χ3v) is 2.46. The molecular formula is C13H19NO3. The second-order valence-corrected chi connectivity index (χ2v) is 3.69. The number of nitrogens with one attached hydrogen (secondary N) is 1. The molecule has 0 aliphatic rings. The molecule has 4 nitrogen and oxygen atoms in total. The summed E-state index contributed by atoms with van der Waals surface area (Å²) >= 11 is 0. The second-order valence-electron chi connectivity index (χ2n) is 3.69. The van der Waals surface area contributed by atoms with Crippen molar-refractivity contribution in [2.24, 2.45) is 0 Å². The highest BCUT2D eigenvalue weighted by Crippen LogP contribution is 2.20. The van der Waals surface area contributed by atoms with Gasteiger partial charge in [-0.1, -0.05) is 12.1 Å². The summed E-state index contributed by atoms with van der Waals surface area (Å²) in [6.07, 6.45) is -0.405. The van der Waals surface area contributed by atoms with E-state index in [1.165, 1.54) is 5.56 Å². The van der Waals surface area contributed by atoms with Crippen LogP contribution in [-0.2, 0) is 4.74 Å². The number of carbonyl (C=O) groups is 1. The fourth-order valence-electron chi connectivity index (χ4n) is 1.38. The Labute approximate surface area is 102 Å². The average Bonchev–Trinajstić information content (AvgIpc) is 2.30. The number of aryl methyl sites for hydroxylation is 1. The van der Waals surface area contributed by atoms with Crippen molar-refractivity contribution in [3.63, 3.8) is 0 Å². The van der Waals surface area contributed by atoms with Gasteiger partial charge in [0.05, 0.1) is 13.2 Å². The van der Waals surface area contributed by atoms with Gasteiger partial charge in [0.1, 0.15) is 12.4 Å². The molecule has 0 bridgehead atoms. The van der Waals surface area contributed by atoms with Crippen molar-refractivity contribution in [3.05, 3.63) is 29.3 Å². The zero-order valence-electron chi connectivity index (χ0n) is 10.6. The lowest BCUT2D eigenvalue weighted by atomic mass is 10.1. The average molecular weight is 237 g/mol. The molecule has 0 radical (unpaired) electrons. The summed E-state index contributed by atoms with van der Waals surface area (Å²) in [5, 5.41) is 2.60. The first-order valence-corrected chi connectivity index (χ1v) is 5.74. The van der Waals surface area contributed by atoms with E-state index in [2.05, 4.69) is 5.32 Å². The Morgan fingerprint density at radius 2 is 2.12 bits per heavy atom. The van der Waals surface area contributed by atoms with Crippen molar-refractivity contribution in [1.82, 2.24) is 5.32 Å². The molecule has 0 atom stereocenters. The Morgan fingerprint density at radius 3 is 2.82 bits per heavy atom. The topological polar surface area (TPSA) is 47.6 Å². The molecule has 1 rings (SSSR count). The number of hydrogen-bond acceptors (Lipinski definition) is 3. The Balaban J connectivity index is 2.31. The van der Waals surface area contributed by atoms with Crippen LogP contribution >= 0.6 is 0 Å². The van der Waals surface area contributed by atoms with Gasteiger partial charge in [0.2, 0.25) is 0 Å². The quantitative estimate of drug-likeness (QED) is 0.800.